The third-order valence-corrected chi connectivity index (χ3v) is 5.97. The zero-order chi connectivity index (χ0) is 22.2. The Balaban J connectivity index is 1.64. The summed E-state index contributed by atoms with van der Waals surface area (Å²) in [5.41, 5.74) is 3.23. The molecule has 1 amide bonds. The number of fused-ring (bicyclic) bond motifs is 3. The first-order valence-corrected chi connectivity index (χ1v) is 10.8. The van der Waals surface area contributed by atoms with Crippen LogP contribution in [0.2, 0.25) is 0 Å². The number of thioether (sulfide) groups is 1. The first-order valence-electron chi connectivity index (χ1n) is 9.82. The van der Waals surface area contributed by atoms with Crippen molar-refractivity contribution in [3.63, 3.8) is 0 Å². The van der Waals surface area contributed by atoms with Crippen LogP contribution in [0.4, 0.5) is 5.82 Å². The van der Waals surface area contributed by atoms with E-state index in [2.05, 4.69) is 20.7 Å². The Morgan fingerprint density at radius 1 is 1.12 bits per heavy atom. The molecule has 0 radical (unpaired) electrons. The molecule has 0 bridgehead atoms. The maximum atomic E-state index is 13.5. The van der Waals surface area contributed by atoms with Gasteiger partial charge in [0.05, 0.1) is 22.3 Å². The van der Waals surface area contributed by atoms with Crippen molar-refractivity contribution < 1.29 is 9.32 Å². The zero-order valence-electron chi connectivity index (χ0n) is 17.3. The van der Waals surface area contributed by atoms with Crippen molar-refractivity contribution in [1.82, 2.24) is 24.3 Å². The van der Waals surface area contributed by atoms with E-state index < -0.39 is 0 Å². The van der Waals surface area contributed by atoms with Gasteiger partial charge < -0.3 is 9.84 Å². The molecule has 0 aliphatic heterocycles. The van der Waals surface area contributed by atoms with Gasteiger partial charge in [0.2, 0.25) is 11.7 Å². The summed E-state index contributed by atoms with van der Waals surface area (Å²) in [5, 5.41) is 16.0. The Hall–Kier alpha value is -3.92. The molecular formula is C22H18N6O3S. The highest BCUT2D eigenvalue weighted by molar-refractivity contribution is 7.99. The maximum absolute atomic E-state index is 13.5. The summed E-state index contributed by atoms with van der Waals surface area (Å²) in [6.45, 7) is 3.93. The van der Waals surface area contributed by atoms with Crippen LogP contribution < -0.4 is 10.9 Å². The van der Waals surface area contributed by atoms with Crippen molar-refractivity contribution in [2.45, 2.75) is 19.0 Å². The molecule has 3 aromatic heterocycles. The van der Waals surface area contributed by atoms with Crippen LogP contribution in [0.25, 0.3) is 22.4 Å². The minimum atomic E-state index is -0.257. The third-order valence-electron chi connectivity index (χ3n) is 5.04. The zero-order valence-corrected chi connectivity index (χ0v) is 18.1. The predicted molar refractivity (Wildman–Crippen MR) is 121 cm³/mol. The summed E-state index contributed by atoms with van der Waals surface area (Å²) in [4.78, 5) is 25.8. The highest BCUT2D eigenvalue weighted by Crippen LogP contribution is 2.24. The number of carbonyl (C=O) groups is 1. The number of rotatable bonds is 5. The fourth-order valence-electron chi connectivity index (χ4n) is 3.54. The Kier molecular flexibility index (Phi) is 4.98. The molecule has 0 aliphatic carbocycles. The number of anilines is 1. The van der Waals surface area contributed by atoms with Gasteiger partial charge in [0.15, 0.2) is 11.0 Å². The Morgan fingerprint density at radius 2 is 1.97 bits per heavy atom. The summed E-state index contributed by atoms with van der Waals surface area (Å²) < 4.78 is 8.12. The van der Waals surface area contributed by atoms with Crippen LogP contribution in [0.3, 0.4) is 0 Å². The van der Waals surface area contributed by atoms with E-state index in [1.165, 1.54) is 18.0 Å². The molecule has 5 aromatic rings. The quantitative estimate of drug-likeness (QED) is 0.413. The van der Waals surface area contributed by atoms with Gasteiger partial charge in [-0.15, -0.1) is 10.2 Å². The molecule has 0 fully saturated rings. The lowest BCUT2D eigenvalue weighted by Gasteiger charge is -2.14. The molecule has 2 aromatic carbocycles. The van der Waals surface area contributed by atoms with Crippen molar-refractivity contribution in [3.8, 4) is 5.69 Å². The van der Waals surface area contributed by atoms with E-state index in [0.717, 1.165) is 16.8 Å². The SMILES string of the molecule is Cc1ccc(C)c(-n2c(=O)c3ccccc3n3c(SCC(=O)Nc4ccon4)nnc23)c1. The van der Waals surface area contributed by atoms with Crippen molar-refractivity contribution in [1.29, 1.82) is 0 Å². The Morgan fingerprint density at radius 3 is 2.78 bits per heavy atom. The molecule has 0 saturated carbocycles. The average Bonchev–Trinajstić information content (AvgIpc) is 3.45. The highest BCUT2D eigenvalue weighted by atomic mass is 32.2. The van der Waals surface area contributed by atoms with Gasteiger partial charge in [-0.2, -0.15) is 0 Å². The Bertz CT molecular complexity index is 1520. The van der Waals surface area contributed by atoms with Crippen molar-refractivity contribution in [2.24, 2.45) is 0 Å². The third kappa shape index (κ3) is 3.44. The fraction of sp³-hybridized carbons (Fsp3) is 0.136. The lowest BCUT2D eigenvalue weighted by Crippen LogP contribution is -2.22. The predicted octanol–water partition coefficient (Wildman–Crippen LogP) is 3.37. The molecular weight excluding hydrogens is 428 g/mol. The van der Waals surface area contributed by atoms with E-state index in [1.54, 1.807) is 16.7 Å². The van der Waals surface area contributed by atoms with Gasteiger partial charge >= 0.3 is 0 Å². The molecule has 1 N–H and O–H groups in total. The molecule has 0 atom stereocenters. The average molecular weight is 446 g/mol. The second-order valence-corrected chi connectivity index (χ2v) is 8.23. The fourth-order valence-corrected chi connectivity index (χ4v) is 4.28. The van der Waals surface area contributed by atoms with E-state index in [4.69, 9.17) is 4.52 Å². The summed E-state index contributed by atoms with van der Waals surface area (Å²) in [7, 11) is 0. The van der Waals surface area contributed by atoms with Crippen LogP contribution in [0.1, 0.15) is 11.1 Å². The second-order valence-electron chi connectivity index (χ2n) is 7.29. The van der Waals surface area contributed by atoms with E-state index in [1.807, 2.05) is 54.6 Å². The second kappa shape index (κ2) is 7.97. The minimum Gasteiger partial charge on any atom is -0.363 e. The standard InChI is InChI=1S/C22H18N6O3S/c1-13-7-8-14(2)17(11-13)27-20(30)15-5-3-4-6-16(15)28-21(27)24-25-22(28)32-12-19(29)23-18-9-10-31-26-18/h3-11H,12H2,1-2H3,(H,23,26,29). The van der Waals surface area contributed by atoms with Crippen molar-refractivity contribution in [3.05, 3.63) is 76.3 Å². The van der Waals surface area contributed by atoms with E-state index in [9.17, 15) is 9.59 Å². The van der Waals surface area contributed by atoms with Gasteiger partial charge in [0, 0.05) is 6.07 Å². The first-order chi connectivity index (χ1) is 15.5. The number of nitrogens with one attached hydrogen (secondary N) is 1. The number of hydrogen-bond acceptors (Lipinski definition) is 7. The molecule has 0 aliphatic rings. The Labute approximate surface area is 186 Å². The smallest absolute Gasteiger partial charge is 0.267 e. The number of nitrogens with zero attached hydrogens (tertiary/aromatic N) is 5. The first kappa shape index (κ1) is 20.0. The van der Waals surface area contributed by atoms with Crippen LogP contribution in [0, 0.1) is 13.8 Å². The van der Waals surface area contributed by atoms with E-state index in [0.29, 0.717) is 27.7 Å². The molecule has 32 heavy (non-hydrogen) atoms. The van der Waals surface area contributed by atoms with Crippen molar-refractivity contribution in [2.75, 3.05) is 11.1 Å². The summed E-state index contributed by atoms with van der Waals surface area (Å²) in [6.07, 6.45) is 1.38. The number of carbonyl (C=O) groups excluding carboxylic acids is 1. The minimum absolute atomic E-state index is 0.0879. The van der Waals surface area contributed by atoms with Crippen LogP contribution in [0.15, 0.2) is 69.3 Å². The molecule has 0 saturated heterocycles. The van der Waals surface area contributed by atoms with Crippen LogP contribution >= 0.6 is 11.8 Å². The highest BCUT2D eigenvalue weighted by Gasteiger charge is 2.19. The van der Waals surface area contributed by atoms with Crippen LogP contribution in [-0.2, 0) is 4.79 Å². The summed E-state index contributed by atoms with van der Waals surface area (Å²) in [6, 6.07) is 14.8. The number of hydrogen-bond donors (Lipinski definition) is 1. The molecule has 10 heteroatoms. The van der Waals surface area contributed by atoms with Crippen LogP contribution in [0.5, 0.6) is 0 Å². The van der Waals surface area contributed by atoms with Crippen LogP contribution in [-0.4, -0.2) is 36.0 Å². The van der Waals surface area contributed by atoms with Gasteiger partial charge in [0.1, 0.15) is 6.26 Å². The topological polar surface area (TPSA) is 107 Å². The van der Waals surface area contributed by atoms with Gasteiger partial charge in [-0.3, -0.25) is 14.0 Å². The normalized spacial score (nSPS) is 11.3. The van der Waals surface area contributed by atoms with E-state index >= 15 is 0 Å². The lowest BCUT2D eigenvalue weighted by molar-refractivity contribution is -0.113. The molecule has 0 spiro atoms. The number of benzene rings is 2. The summed E-state index contributed by atoms with van der Waals surface area (Å²) in [5.74, 6) is 0.565. The number of aromatic nitrogens is 5. The number of aryl methyl sites for hydroxylation is 2. The van der Waals surface area contributed by atoms with E-state index in [-0.39, 0.29) is 17.2 Å². The lowest BCUT2D eigenvalue weighted by atomic mass is 10.1. The number of para-hydroxylation sites is 1. The maximum Gasteiger partial charge on any atom is 0.267 e. The molecule has 5 rings (SSSR count). The largest absolute Gasteiger partial charge is 0.363 e. The molecule has 3 heterocycles. The monoisotopic (exact) mass is 446 g/mol. The van der Waals surface area contributed by atoms with Gasteiger partial charge in [-0.1, -0.05) is 41.2 Å². The molecule has 160 valence electrons. The van der Waals surface area contributed by atoms with Gasteiger partial charge in [-0.05, 0) is 43.2 Å². The number of amides is 1. The van der Waals surface area contributed by atoms with Gasteiger partial charge in [-0.25, -0.2) is 4.57 Å². The molecule has 0 unspecified atom stereocenters. The summed E-state index contributed by atoms with van der Waals surface area (Å²) >= 11 is 1.22. The molecule has 9 nitrogen and oxygen atoms in total. The van der Waals surface area contributed by atoms with Crippen molar-refractivity contribution >= 4 is 40.2 Å². The van der Waals surface area contributed by atoms with Gasteiger partial charge in [0.25, 0.3) is 5.56 Å².